The van der Waals surface area contributed by atoms with Gasteiger partial charge < -0.3 is 10.6 Å². The lowest BCUT2D eigenvalue weighted by Gasteiger charge is -2.45. The summed E-state index contributed by atoms with van der Waals surface area (Å²) in [6, 6.07) is 13.8. The van der Waals surface area contributed by atoms with Crippen molar-refractivity contribution in [1.82, 2.24) is 0 Å². The van der Waals surface area contributed by atoms with Gasteiger partial charge in [-0.2, -0.15) is 0 Å². The van der Waals surface area contributed by atoms with Crippen molar-refractivity contribution in [2.24, 2.45) is 5.73 Å². The molecule has 2 atom stereocenters. The summed E-state index contributed by atoms with van der Waals surface area (Å²) in [5, 5.41) is 1.29. The predicted octanol–water partition coefficient (Wildman–Crippen LogP) is 3.41. The lowest BCUT2D eigenvalue weighted by atomic mass is 9.88. The zero-order valence-electron chi connectivity index (χ0n) is 10.5. The first-order chi connectivity index (χ1) is 9.58. The highest BCUT2D eigenvalue weighted by Crippen LogP contribution is 2.38. The minimum atomic E-state index is -0.521. The van der Waals surface area contributed by atoms with E-state index in [4.69, 9.17) is 28.9 Å². The third-order valence-corrected chi connectivity index (χ3v) is 3.96. The van der Waals surface area contributed by atoms with Crippen molar-refractivity contribution in [1.29, 1.82) is 0 Å². The monoisotopic (exact) mass is 306 g/mol. The predicted molar refractivity (Wildman–Crippen MR) is 81.1 cm³/mol. The third kappa shape index (κ3) is 2.18. The van der Waals surface area contributed by atoms with Crippen LogP contribution in [-0.4, -0.2) is 11.9 Å². The molecule has 1 aliphatic heterocycles. The van der Waals surface area contributed by atoms with E-state index in [-0.39, 0.29) is 11.9 Å². The van der Waals surface area contributed by atoms with Gasteiger partial charge in [-0.25, -0.2) is 0 Å². The molecule has 3 nitrogen and oxygen atoms in total. The number of benzene rings is 2. The largest absolute Gasteiger partial charge is 0.318 e. The van der Waals surface area contributed by atoms with Crippen molar-refractivity contribution in [3.63, 3.8) is 0 Å². The highest BCUT2D eigenvalue weighted by atomic mass is 35.5. The summed E-state index contributed by atoms with van der Waals surface area (Å²) in [5.41, 5.74) is 7.71. The number of nitrogens with two attached hydrogens (primary N) is 1. The second-order valence-corrected chi connectivity index (χ2v) is 5.58. The van der Waals surface area contributed by atoms with Crippen LogP contribution in [0, 0.1) is 0 Å². The van der Waals surface area contributed by atoms with Crippen LogP contribution in [0.15, 0.2) is 48.5 Å². The summed E-state index contributed by atoms with van der Waals surface area (Å²) < 4.78 is 0. The molecule has 1 aliphatic rings. The maximum atomic E-state index is 12.0. The van der Waals surface area contributed by atoms with Gasteiger partial charge in [0, 0.05) is 15.7 Å². The molecule has 0 aromatic heterocycles. The van der Waals surface area contributed by atoms with Crippen molar-refractivity contribution < 1.29 is 4.79 Å². The van der Waals surface area contributed by atoms with E-state index in [1.54, 1.807) is 29.2 Å². The highest BCUT2D eigenvalue weighted by molar-refractivity contribution is 6.31. The molecule has 1 saturated heterocycles. The van der Waals surface area contributed by atoms with Gasteiger partial charge in [-0.15, -0.1) is 0 Å². The van der Waals surface area contributed by atoms with E-state index in [0.29, 0.717) is 10.0 Å². The highest BCUT2D eigenvalue weighted by Gasteiger charge is 2.46. The molecule has 2 N–H and O–H groups in total. The smallest absolute Gasteiger partial charge is 0.247 e. The van der Waals surface area contributed by atoms with E-state index in [9.17, 15) is 4.79 Å². The Morgan fingerprint density at radius 3 is 1.95 bits per heavy atom. The molecular formula is C15H12Cl2N2O. The van der Waals surface area contributed by atoms with E-state index in [1.807, 2.05) is 24.3 Å². The Hall–Kier alpha value is -1.55. The van der Waals surface area contributed by atoms with Gasteiger partial charge in [0.15, 0.2) is 0 Å². The minimum Gasteiger partial charge on any atom is -0.318 e. The number of nitrogens with zero attached hydrogens (tertiary/aromatic N) is 1. The number of rotatable bonds is 2. The fourth-order valence-electron chi connectivity index (χ4n) is 2.42. The molecular weight excluding hydrogens is 295 g/mol. The summed E-state index contributed by atoms with van der Waals surface area (Å²) >= 11 is 11.8. The van der Waals surface area contributed by atoms with E-state index in [0.717, 1.165) is 11.3 Å². The maximum absolute atomic E-state index is 12.0. The molecule has 0 saturated carbocycles. The molecule has 0 aliphatic carbocycles. The van der Waals surface area contributed by atoms with Crippen LogP contribution in [0.25, 0.3) is 0 Å². The lowest BCUT2D eigenvalue weighted by Crippen LogP contribution is -2.63. The van der Waals surface area contributed by atoms with Crippen LogP contribution in [0.1, 0.15) is 11.6 Å². The van der Waals surface area contributed by atoms with E-state index in [2.05, 4.69) is 0 Å². The zero-order chi connectivity index (χ0) is 14.3. The molecule has 1 amide bonds. The molecule has 3 rings (SSSR count). The van der Waals surface area contributed by atoms with Crippen LogP contribution >= 0.6 is 23.2 Å². The van der Waals surface area contributed by atoms with Crippen molar-refractivity contribution in [3.05, 3.63) is 64.1 Å². The third-order valence-electron chi connectivity index (χ3n) is 3.46. The van der Waals surface area contributed by atoms with Gasteiger partial charge in [0.05, 0.1) is 6.04 Å². The van der Waals surface area contributed by atoms with Crippen LogP contribution in [0.3, 0.4) is 0 Å². The van der Waals surface area contributed by atoms with E-state index >= 15 is 0 Å². The number of hydrogen-bond acceptors (Lipinski definition) is 2. The Morgan fingerprint density at radius 2 is 1.40 bits per heavy atom. The number of β-lactam (4-membered cyclic amide) rings is 1. The molecule has 1 heterocycles. The Balaban J connectivity index is 1.95. The van der Waals surface area contributed by atoms with Crippen LogP contribution < -0.4 is 10.6 Å². The van der Waals surface area contributed by atoms with Gasteiger partial charge in [0.1, 0.15) is 6.04 Å². The van der Waals surface area contributed by atoms with Gasteiger partial charge >= 0.3 is 0 Å². The van der Waals surface area contributed by atoms with Crippen LogP contribution in [0.2, 0.25) is 10.0 Å². The summed E-state index contributed by atoms with van der Waals surface area (Å²) in [5.74, 6) is -0.0905. The molecule has 2 aromatic carbocycles. The fourth-order valence-corrected chi connectivity index (χ4v) is 2.67. The van der Waals surface area contributed by atoms with E-state index < -0.39 is 6.04 Å². The summed E-state index contributed by atoms with van der Waals surface area (Å²) in [6.45, 7) is 0. The van der Waals surface area contributed by atoms with Gasteiger partial charge in [-0.1, -0.05) is 35.3 Å². The minimum absolute atomic E-state index is 0.0905. The lowest BCUT2D eigenvalue weighted by molar-refractivity contribution is -0.126. The molecule has 2 aromatic rings. The molecule has 5 heteroatoms. The molecule has 0 radical (unpaired) electrons. The SMILES string of the molecule is N[C@@H]1C(=O)N(c2ccc(Cl)cc2)[C@@H]1c1ccc(Cl)cc1. The van der Waals surface area contributed by atoms with Crippen LogP contribution in [0.4, 0.5) is 5.69 Å². The summed E-state index contributed by atoms with van der Waals surface area (Å²) in [6.07, 6.45) is 0. The van der Waals surface area contributed by atoms with E-state index in [1.165, 1.54) is 0 Å². The van der Waals surface area contributed by atoms with Gasteiger partial charge in [-0.3, -0.25) is 4.79 Å². The average molecular weight is 307 g/mol. The number of amides is 1. The Morgan fingerprint density at radius 1 is 0.900 bits per heavy atom. The number of hydrogen-bond donors (Lipinski definition) is 1. The van der Waals surface area contributed by atoms with Crippen molar-refractivity contribution >= 4 is 34.8 Å². The second kappa shape index (κ2) is 5.09. The number of anilines is 1. The fraction of sp³-hybridized carbons (Fsp3) is 0.133. The number of halogens is 2. The molecule has 0 unspecified atom stereocenters. The normalized spacial score (nSPS) is 21.8. The quantitative estimate of drug-likeness (QED) is 0.864. The van der Waals surface area contributed by atoms with Crippen molar-refractivity contribution in [2.45, 2.75) is 12.1 Å². The standard InChI is InChI=1S/C15H12Cl2N2O/c16-10-3-1-9(2-4-10)14-13(18)15(20)19(14)12-7-5-11(17)6-8-12/h1-8,13-14H,18H2/t13-,14+/m0/s1. The first-order valence-corrected chi connectivity index (χ1v) is 6.93. The van der Waals surface area contributed by atoms with Gasteiger partial charge in [0.2, 0.25) is 5.91 Å². The average Bonchev–Trinajstić information content (AvgIpc) is 2.46. The topological polar surface area (TPSA) is 46.3 Å². The number of carbonyl (C=O) groups excluding carboxylic acids is 1. The first-order valence-electron chi connectivity index (χ1n) is 6.17. The number of carbonyl (C=O) groups is 1. The summed E-state index contributed by atoms with van der Waals surface area (Å²) in [4.78, 5) is 13.7. The summed E-state index contributed by atoms with van der Waals surface area (Å²) in [7, 11) is 0. The first kappa shape index (κ1) is 13.4. The second-order valence-electron chi connectivity index (χ2n) is 4.71. The zero-order valence-corrected chi connectivity index (χ0v) is 12.0. The Kier molecular flexibility index (Phi) is 3.42. The van der Waals surface area contributed by atoms with Crippen LogP contribution in [0.5, 0.6) is 0 Å². The van der Waals surface area contributed by atoms with Gasteiger partial charge in [-0.05, 0) is 42.0 Å². The Bertz CT molecular complexity index is 640. The van der Waals surface area contributed by atoms with Crippen LogP contribution in [-0.2, 0) is 4.79 Å². The van der Waals surface area contributed by atoms with Crippen molar-refractivity contribution in [3.8, 4) is 0 Å². The molecule has 0 spiro atoms. The molecule has 20 heavy (non-hydrogen) atoms. The Labute approximate surface area is 126 Å². The van der Waals surface area contributed by atoms with Crippen molar-refractivity contribution in [2.75, 3.05) is 4.90 Å². The van der Waals surface area contributed by atoms with Gasteiger partial charge in [0.25, 0.3) is 0 Å². The molecule has 102 valence electrons. The molecule has 0 bridgehead atoms. The molecule has 1 fully saturated rings. The maximum Gasteiger partial charge on any atom is 0.247 e.